The number of thiophene rings is 2. The molecule has 0 unspecified atom stereocenters. The molecule has 0 bridgehead atoms. The smallest absolute Gasteiger partial charge is 0.195 e. The number of nitriles is 1. The summed E-state index contributed by atoms with van der Waals surface area (Å²) >= 11 is 1.64. The second-order valence-electron chi connectivity index (χ2n) is 2.73. The van der Waals surface area contributed by atoms with E-state index in [9.17, 15) is 17.6 Å². The molecule has 0 amide bonds. The van der Waals surface area contributed by atoms with Crippen LogP contribution in [0.5, 0.6) is 0 Å². The van der Waals surface area contributed by atoms with Crippen molar-refractivity contribution in [1.29, 1.82) is 5.26 Å². The number of nitrogens with zero attached hydrogens (tertiary/aromatic N) is 1. The molecule has 90 valence electrons. The Balaban J connectivity index is 0.000000171. The number of hydrogen-bond acceptors (Lipinski definition) is 3. The molecule has 0 fully saturated rings. The van der Waals surface area contributed by atoms with Gasteiger partial charge in [0, 0.05) is 11.4 Å². The van der Waals surface area contributed by atoms with Crippen LogP contribution in [0.3, 0.4) is 0 Å². The van der Waals surface area contributed by atoms with Crippen molar-refractivity contribution in [2.75, 3.05) is 0 Å². The lowest BCUT2D eigenvalue weighted by atomic mass is 10.4. The minimum absolute atomic E-state index is 0.304. The molecular formula is C10H5F4NS2. The summed E-state index contributed by atoms with van der Waals surface area (Å²) in [5.41, 5.74) is 0.396. The Morgan fingerprint density at radius 1 is 1.24 bits per heavy atom. The first-order valence-electron chi connectivity index (χ1n) is 4.18. The molecule has 2 aromatic heterocycles. The third kappa shape index (κ3) is 4.54. The van der Waals surface area contributed by atoms with Gasteiger partial charge in [-0.1, -0.05) is 6.07 Å². The summed E-state index contributed by atoms with van der Waals surface area (Å²) in [5, 5.41) is 10.7. The van der Waals surface area contributed by atoms with Crippen molar-refractivity contribution in [1.82, 2.24) is 0 Å². The minimum Gasteiger partial charge on any atom is -0.195 e. The van der Waals surface area contributed by atoms with Crippen molar-refractivity contribution < 1.29 is 17.6 Å². The molecule has 1 nitrogen and oxygen atoms in total. The predicted molar refractivity (Wildman–Crippen MR) is 58.3 cm³/mol. The molecule has 0 aliphatic rings. The minimum atomic E-state index is -4.16. The molecule has 2 aromatic rings. The fraction of sp³-hybridized carbons (Fsp3) is 0.100. The molecule has 0 spiro atoms. The summed E-state index contributed by atoms with van der Waals surface area (Å²) in [5.74, 6) is 0. The van der Waals surface area contributed by atoms with Crippen molar-refractivity contribution in [2.45, 2.75) is 6.18 Å². The zero-order chi connectivity index (χ0) is 12.9. The topological polar surface area (TPSA) is 23.8 Å². The fourth-order valence-electron chi connectivity index (χ4n) is 0.809. The van der Waals surface area contributed by atoms with Crippen LogP contribution in [0.2, 0.25) is 0 Å². The van der Waals surface area contributed by atoms with E-state index in [0.717, 1.165) is 17.4 Å². The van der Waals surface area contributed by atoms with Crippen LogP contribution in [0.4, 0.5) is 17.6 Å². The van der Waals surface area contributed by atoms with Gasteiger partial charge >= 0.3 is 6.18 Å². The number of hydrogen-bond donors (Lipinski definition) is 0. The quantitative estimate of drug-likeness (QED) is 0.650. The first-order valence-corrected chi connectivity index (χ1v) is 5.94. The molecule has 0 aromatic carbocycles. The van der Waals surface area contributed by atoms with Crippen LogP contribution in [0.1, 0.15) is 10.4 Å². The van der Waals surface area contributed by atoms with Crippen molar-refractivity contribution in [2.24, 2.45) is 0 Å². The van der Waals surface area contributed by atoms with Gasteiger partial charge in [0.25, 0.3) is 0 Å². The highest BCUT2D eigenvalue weighted by atomic mass is 32.1. The van der Waals surface area contributed by atoms with Gasteiger partial charge in [-0.25, -0.2) is 0 Å². The third-order valence-electron chi connectivity index (χ3n) is 1.50. The Hall–Kier alpha value is -1.39. The number of halogens is 4. The third-order valence-corrected chi connectivity index (χ3v) is 3.13. The van der Waals surface area contributed by atoms with E-state index in [2.05, 4.69) is 0 Å². The van der Waals surface area contributed by atoms with Crippen LogP contribution < -0.4 is 0 Å². The van der Waals surface area contributed by atoms with Gasteiger partial charge in [0.1, 0.15) is 10.9 Å². The highest BCUT2D eigenvalue weighted by Crippen LogP contribution is 2.32. The maximum Gasteiger partial charge on any atom is 0.425 e. The fourth-order valence-corrected chi connectivity index (χ4v) is 1.96. The number of alkyl halides is 3. The maximum atomic E-state index is 12.0. The Bertz CT molecular complexity index is 493. The van der Waals surface area contributed by atoms with Crippen LogP contribution in [0.25, 0.3) is 0 Å². The molecule has 2 rings (SSSR count). The standard InChI is InChI=1S/C5H3F3S.C5H2FNS/c6-5(7,8)4-2-1-3-9-4;6-5-1-4(2-7)3-8-5/h1-3H;1,3H. The van der Waals surface area contributed by atoms with E-state index in [-0.39, 0.29) is 5.13 Å². The second-order valence-corrected chi connectivity index (χ2v) is 4.54. The summed E-state index contributed by atoms with van der Waals surface area (Å²) in [6, 6.07) is 5.47. The summed E-state index contributed by atoms with van der Waals surface area (Å²) in [4.78, 5) is -0.539. The van der Waals surface area contributed by atoms with Gasteiger partial charge in [0.05, 0.1) is 5.56 Å². The summed E-state index contributed by atoms with van der Waals surface area (Å²) < 4.78 is 46.9. The summed E-state index contributed by atoms with van der Waals surface area (Å²) in [7, 11) is 0. The first kappa shape index (κ1) is 13.7. The van der Waals surface area contributed by atoms with Crippen LogP contribution in [-0.4, -0.2) is 0 Å². The van der Waals surface area contributed by atoms with Crippen LogP contribution >= 0.6 is 22.7 Å². The van der Waals surface area contributed by atoms with Gasteiger partial charge in [0.15, 0.2) is 5.13 Å². The lowest BCUT2D eigenvalue weighted by Gasteiger charge is -1.99. The zero-order valence-electron chi connectivity index (χ0n) is 8.16. The van der Waals surface area contributed by atoms with Crippen molar-refractivity contribution >= 4 is 22.7 Å². The second kappa shape index (κ2) is 5.80. The number of rotatable bonds is 0. The van der Waals surface area contributed by atoms with Gasteiger partial charge in [-0.05, 0) is 11.4 Å². The summed E-state index contributed by atoms with van der Waals surface area (Å²) in [6.07, 6.45) is -4.16. The van der Waals surface area contributed by atoms with E-state index in [0.29, 0.717) is 16.9 Å². The monoisotopic (exact) mass is 279 g/mol. The molecule has 2 heterocycles. The van der Waals surface area contributed by atoms with E-state index < -0.39 is 11.1 Å². The molecule has 17 heavy (non-hydrogen) atoms. The zero-order valence-corrected chi connectivity index (χ0v) is 9.80. The highest BCUT2D eigenvalue weighted by Gasteiger charge is 2.31. The maximum absolute atomic E-state index is 12.0. The molecule has 0 atom stereocenters. The Labute approximate surface area is 103 Å². The largest absolute Gasteiger partial charge is 0.425 e. The average Bonchev–Trinajstić information content (AvgIpc) is 2.87. The van der Waals surface area contributed by atoms with E-state index in [1.165, 1.54) is 22.9 Å². The molecule has 0 N–H and O–H groups in total. The highest BCUT2D eigenvalue weighted by molar-refractivity contribution is 7.10. The van der Waals surface area contributed by atoms with Crippen LogP contribution in [0, 0.1) is 16.5 Å². The van der Waals surface area contributed by atoms with Crippen LogP contribution in [-0.2, 0) is 6.18 Å². The molecule has 0 saturated heterocycles. The van der Waals surface area contributed by atoms with Crippen molar-refractivity contribution in [3.8, 4) is 6.07 Å². The van der Waals surface area contributed by atoms with Gasteiger partial charge in [-0.15, -0.1) is 22.7 Å². The van der Waals surface area contributed by atoms with Crippen molar-refractivity contribution in [3.63, 3.8) is 0 Å². The molecule has 7 heteroatoms. The summed E-state index contributed by atoms with van der Waals surface area (Å²) in [6.45, 7) is 0. The molecule has 0 saturated carbocycles. The molecule has 0 aliphatic carbocycles. The Morgan fingerprint density at radius 2 is 1.94 bits per heavy atom. The first-order chi connectivity index (χ1) is 7.93. The van der Waals surface area contributed by atoms with Crippen LogP contribution in [0.15, 0.2) is 29.0 Å². The lowest BCUT2D eigenvalue weighted by Crippen LogP contribution is -2.00. The van der Waals surface area contributed by atoms with Gasteiger partial charge < -0.3 is 0 Å². The van der Waals surface area contributed by atoms with E-state index in [1.54, 1.807) is 0 Å². The molecular weight excluding hydrogens is 274 g/mol. The SMILES string of the molecule is FC(F)(F)c1cccs1.N#Cc1csc(F)c1. The molecule has 0 aliphatic heterocycles. The van der Waals surface area contributed by atoms with Gasteiger partial charge in [0.2, 0.25) is 0 Å². The lowest BCUT2D eigenvalue weighted by molar-refractivity contribution is -0.134. The van der Waals surface area contributed by atoms with Gasteiger partial charge in [-0.2, -0.15) is 22.8 Å². The van der Waals surface area contributed by atoms with Gasteiger partial charge in [-0.3, -0.25) is 0 Å². The average molecular weight is 279 g/mol. The normalized spacial score (nSPS) is 10.3. The Morgan fingerprint density at radius 3 is 2.18 bits per heavy atom. The van der Waals surface area contributed by atoms with E-state index in [1.807, 2.05) is 6.07 Å². The predicted octanol–water partition coefficient (Wildman–Crippen LogP) is 4.53. The van der Waals surface area contributed by atoms with E-state index in [4.69, 9.17) is 5.26 Å². The molecule has 0 radical (unpaired) electrons. The van der Waals surface area contributed by atoms with Crippen molar-refractivity contribution in [3.05, 3.63) is 44.5 Å². The van der Waals surface area contributed by atoms with E-state index >= 15 is 0 Å². The Kier molecular flexibility index (Phi) is 4.66.